The van der Waals surface area contributed by atoms with Gasteiger partial charge in [-0.3, -0.25) is 14.4 Å². The van der Waals surface area contributed by atoms with E-state index in [9.17, 15) is 19.2 Å². The minimum absolute atomic E-state index is 0.00850. The van der Waals surface area contributed by atoms with E-state index in [2.05, 4.69) is 17.4 Å². The van der Waals surface area contributed by atoms with Gasteiger partial charge in [-0.25, -0.2) is 4.79 Å². The van der Waals surface area contributed by atoms with E-state index in [0.29, 0.717) is 25.3 Å². The molecule has 0 aromatic heterocycles. The second-order valence-corrected chi connectivity index (χ2v) is 12.0. The smallest absolute Gasteiger partial charge is 0.408 e. The maximum Gasteiger partial charge on any atom is 0.408 e. The number of Topliss-reactive ketones (excluding diaryl/α,β-unsaturated/α-hetero) is 1. The Morgan fingerprint density at radius 3 is 2.44 bits per heavy atom. The summed E-state index contributed by atoms with van der Waals surface area (Å²) in [6, 6.07) is 8.55. The lowest BCUT2D eigenvalue weighted by molar-refractivity contribution is -0.149. The summed E-state index contributed by atoms with van der Waals surface area (Å²) in [5.74, 6) is 0.0651. The van der Waals surface area contributed by atoms with Crippen LogP contribution in [-0.2, 0) is 19.1 Å². The van der Waals surface area contributed by atoms with Gasteiger partial charge in [0.25, 0.3) is 0 Å². The first kappa shape index (κ1) is 24.8. The Bertz CT molecular complexity index is 1050. The highest BCUT2D eigenvalue weighted by Crippen LogP contribution is 2.54. The normalized spacial score (nSPS) is 29.5. The van der Waals surface area contributed by atoms with Crippen molar-refractivity contribution in [3.63, 3.8) is 0 Å². The first-order valence-corrected chi connectivity index (χ1v) is 13.3. The molecule has 194 valence electrons. The van der Waals surface area contributed by atoms with Crippen molar-refractivity contribution < 1.29 is 23.9 Å². The van der Waals surface area contributed by atoms with E-state index in [-0.39, 0.29) is 48.4 Å². The number of carbonyl (C=O) groups is 4. The van der Waals surface area contributed by atoms with E-state index in [0.717, 1.165) is 19.3 Å². The highest BCUT2D eigenvalue weighted by Gasteiger charge is 2.58. The second kappa shape index (κ2) is 9.20. The average molecular weight is 496 g/mol. The molecule has 1 spiro atoms. The van der Waals surface area contributed by atoms with Crippen LogP contribution in [0.3, 0.4) is 0 Å². The lowest BCUT2D eigenvalue weighted by Crippen LogP contribution is -2.58. The maximum absolute atomic E-state index is 14.0. The molecule has 36 heavy (non-hydrogen) atoms. The molecule has 4 atom stereocenters. The third-order valence-electron chi connectivity index (χ3n) is 8.17. The van der Waals surface area contributed by atoms with Crippen molar-refractivity contribution in [1.82, 2.24) is 15.1 Å². The number of ether oxygens (including phenoxy) is 1. The van der Waals surface area contributed by atoms with Crippen molar-refractivity contribution in [1.29, 1.82) is 0 Å². The molecule has 3 aliphatic heterocycles. The minimum Gasteiger partial charge on any atom is -0.444 e. The molecule has 5 rings (SSSR count). The van der Waals surface area contributed by atoms with Gasteiger partial charge in [0, 0.05) is 36.9 Å². The van der Waals surface area contributed by atoms with E-state index >= 15 is 0 Å². The fourth-order valence-electron chi connectivity index (χ4n) is 6.33. The summed E-state index contributed by atoms with van der Waals surface area (Å²) in [6.07, 6.45) is 4.13. The fourth-order valence-corrected chi connectivity index (χ4v) is 6.33. The van der Waals surface area contributed by atoms with Crippen molar-refractivity contribution in [3.8, 4) is 0 Å². The Morgan fingerprint density at radius 2 is 1.78 bits per heavy atom. The van der Waals surface area contributed by atoms with Crippen molar-refractivity contribution >= 4 is 23.7 Å². The molecule has 4 aliphatic rings. The van der Waals surface area contributed by atoms with Gasteiger partial charge in [-0.15, -0.1) is 0 Å². The monoisotopic (exact) mass is 495 g/mol. The van der Waals surface area contributed by atoms with Crippen LogP contribution in [0.15, 0.2) is 30.3 Å². The molecule has 1 N–H and O–H groups in total. The summed E-state index contributed by atoms with van der Waals surface area (Å²) >= 11 is 0. The van der Waals surface area contributed by atoms with Crippen LogP contribution in [-0.4, -0.2) is 69.3 Å². The van der Waals surface area contributed by atoms with E-state index < -0.39 is 23.8 Å². The molecule has 8 heteroatoms. The van der Waals surface area contributed by atoms with Crippen molar-refractivity contribution in [2.75, 3.05) is 6.54 Å². The zero-order chi connectivity index (χ0) is 25.7. The highest BCUT2D eigenvalue weighted by atomic mass is 16.6. The van der Waals surface area contributed by atoms with Gasteiger partial charge in [0.1, 0.15) is 23.5 Å². The molecule has 1 aromatic rings. The van der Waals surface area contributed by atoms with E-state index in [1.807, 2.05) is 23.1 Å². The minimum atomic E-state index is -0.884. The van der Waals surface area contributed by atoms with Crippen LogP contribution >= 0.6 is 0 Å². The van der Waals surface area contributed by atoms with Crippen LogP contribution in [0.5, 0.6) is 0 Å². The van der Waals surface area contributed by atoms with Crippen LogP contribution in [0.4, 0.5) is 4.79 Å². The van der Waals surface area contributed by atoms with Gasteiger partial charge in [0.2, 0.25) is 11.8 Å². The molecule has 1 aromatic carbocycles. The summed E-state index contributed by atoms with van der Waals surface area (Å²) in [7, 11) is 0. The molecule has 1 saturated carbocycles. The van der Waals surface area contributed by atoms with Crippen LogP contribution in [0, 0.1) is 0 Å². The van der Waals surface area contributed by atoms with Gasteiger partial charge in [0.15, 0.2) is 0 Å². The number of nitrogens with zero attached hydrogens (tertiary/aromatic N) is 2. The Labute approximate surface area is 212 Å². The Morgan fingerprint density at radius 1 is 1.06 bits per heavy atom. The third kappa shape index (κ3) is 4.87. The van der Waals surface area contributed by atoms with Crippen LogP contribution in [0.1, 0.15) is 83.6 Å². The Balaban J connectivity index is 1.35. The van der Waals surface area contributed by atoms with Crippen molar-refractivity contribution in [2.24, 2.45) is 0 Å². The van der Waals surface area contributed by atoms with Gasteiger partial charge in [-0.2, -0.15) is 0 Å². The fraction of sp³-hybridized carbons (Fsp3) is 0.643. The molecule has 1 aliphatic carbocycles. The van der Waals surface area contributed by atoms with E-state index in [4.69, 9.17) is 4.74 Å². The van der Waals surface area contributed by atoms with E-state index in [1.54, 1.807) is 25.7 Å². The Kier molecular flexibility index (Phi) is 6.33. The second-order valence-electron chi connectivity index (χ2n) is 12.0. The molecule has 0 unspecified atom stereocenters. The predicted octanol–water partition coefficient (Wildman–Crippen LogP) is 3.54. The van der Waals surface area contributed by atoms with Gasteiger partial charge in [0.05, 0.1) is 0 Å². The summed E-state index contributed by atoms with van der Waals surface area (Å²) < 4.78 is 5.36. The predicted molar refractivity (Wildman–Crippen MR) is 133 cm³/mol. The van der Waals surface area contributed by atoms with Gasteiger partial charge in [-0.05, 0) is 64.9 Å². The topological polar surface area (TPSA) is 96.0 Å². The molecular weight excluding hydrogens is 458 g/mol. The average Bonchev–Trinajstić information content (AvgIpc) is 3.30. The van der Waals surface area contributed by atoms with Crippen LogP contribution in [0.2, 0.25) is 0 Å². The highest BCUT2D eigenvalue weighted by molar-refractivity contribution is 5.94. The molecule has 3 amide bonds. The number of amides is 3. The van der Waals surface area contributed by atoms with Gasteiger partial charge in [-0.1, -0.05) is 30.3 Å². The number of alkyl carbamates (subject to hydrolysis) is 1. The first-order valence-electron chi connectivity index (χ1n) is 13.3. The molecule has 4 fully saturated rings. The zero-order valence-corrected chi connectivity index (χ0v) is 21.5. The maximum atomic E-state index is 14.0. The van der Waals surface area contributed by atoms with Crippen LogP contribution < -0.4 is 5.32 Å². The molecule has 8 nitrogen and oxygen atoms in total. The molecule has 0 radical (unpaired) electrons. The number of ketones is 1. The lowest BCUT2D eigenvalue weighted by atomic mass is 9.96. The number of nitrogens with one attached hydrogen (secondary N) is 1. The molecule has 3 heterocycles. The number of benzene rings is 1. The SMILES string of the molecule is CC(C)(C)OC(=O)N[C@H]1CCC(=O)C[C@H]2CC[C@@H](C(=O)N3C[C@H](c4ccccc4)CC34CC4)N2C1=O. The molecular formula is C28H37N3O5. The molecule has 3 saturated heterocycles. The van der Waals surface area contributed by atoms with Crippen molar-refractivity contribution in [2.45, 2.75) is 107 Å². The summed E-state index contributed by atoms with van der Waals surface area (Å²) in [5, 5.41) is 2.68. The number of hydrogen-bond donors (Lipinski definition) is 1. The summed E-state index contributed by atoms with van der Waals surface area (Å²) in [5.41, 5.74) is 0.437. The first-order chi connectivity index (χ1) is 17.1. The lowest BCUT2D eigenvalue weighted by Gasteiger charge is -2.37. The number of likely N-dealkylation sites (tertiary alicyclic amines) is 1. The third-order valence-corrected chi connectivity index (χ3v) is 8.17. The van der Waals surface area contributed by atoms with E-state index in [1.165, 1.54) is 5.56 Å². The quantitative estimate of drug-likeness (QED) is 0.692. The number of rotatable bonds is 3. The Hall–Kier alpha value is -2.90. The summed E-state index contributed by atoms with van der Waals surface area (Å²) in [6.45, 7) is 5.93. The van der Waals surface area contributed by atoms with Gasteiger partial charge >= 0.3 is 6.09 Å². The largest absolute Gasteiger partial charge is 0.444 e. The zero-order valence-electron chi connectivity index (χ0n) is 21.5. The van der Waals surface area contributed by atoms with Gasteiger partial charge < -0.3 is 19.9 Å². The van der Waals surface area contributed by atoms with Crippen molar-refractivity contribution in [3.05, 3.63) is 35.9 Å². The number of carbonyl (C=O) groups excluding carboxylic acids is 4. The number of fused-ring (bicyclic) bond motifs is 1. The molecule has 0 bridgehead atoms. The van der Waals surface area contributed by atoms with Crippen LogP contribution in [0.25, 0.3) is 0 Å². The number of hydrogen-bond acceptors (Lipinski definition) is 5. The summed E-state index contributed by atoms with van der Waals surface area (Å²) in [4.78, 5) is 56.5. The standard InChI is InChI=1S/C28H37N3O5/c1-27(2,3)36-26(35)29-22-11-10-21(32)15-20-9-12-23(31(20)24(22)33)25(34)30-17-19(16-28(30)13-14-28)18-7-5-4-6-8-18/h4-8,19-20,22-23H,9-17H2,1-3H3,(H,29,35)/t19-,20-,22+,23+/m1/s1.